The van der Waals surface area contributed by atoms with Crippen molar-refractivity contribution in [2.45, 2.75) is 6.92 Å². The summed E-state index contributed by atoms with van der Waals surface area (Å²) in [6.07, 6.45) is 1.41. The quantitative estimate of drug-likeness (QED) is 0.757. The number of fused-ring (bicyclic) bond motifs is 1. The van der Waals surface area contributed by atoms with Gasteiger partial charge in [-0.1, -0.05) is 11.6 Å². The maximum atomic E-state index is 11.3. The Morgan fingerprint density at radius 2 is 2.33 bits per heavy atom. The number of ether oxygens (including phenoxy) is 1. The summed E-state index contributed by atoms with van der Waals surface area (Å²) in [4.78, 5) is 18.5. The molecular formula is C10H9ClN2O2. The Labute approximate surface area is 91.2 Å². The van der Waals surface area contributed by atoms with Crippen LogP contribution in [0.4, 0.5) is 0 Å². The summed E-state index contributed by atoms with van der Waals surface area (Å²) in [5.41, 5.74) is 1.90. The van der Waals surface area contributed by atoms with Gasteiger partial charge in [0, 0.05) is 17.3 Å². The highest BCUT2D eigenvalue weighted by Gasteiger charge is 2.15. The van der Waals surface area contributed by atoms with Crippen molar-refractivity contribution in [2.75, 3.05) is 7.11 Å². The lowest BCUT2D eigenvalue weighted by atomic mass is 10.2. The van der Waals surface area contributed by atoms with E-state index in [4.69, 9.17) is 11.6 Å². The lowest BCUT2D eigenvalue weighted by Crippen LogP contribution is -2.02. The molecule has 0 amide bonds. The molecule has 15 heavy (non-hydrogen) atoms. The number of methoxy groups -OCH3 is 1. The molecule has 0 atom stereocenters. The summed E-state index contributed by atoms with van der Waals surface area (Å²) in [6, 6.07) is 1.84. The van der Waals surface area contributed by atoms with Gasteiger partial charge >= 0.3 is 5.97 Å². The fraction of sp³-hybridized carbons (Fsp3) is 0.200. The number of nitrogens with one attached hydrogen (secondary N) is 1. The predicted octanol–water partition coefficient (Wildman–Crippen LogP) is 2.31. The molecule has 78 valence electrons. The minimum atomic E-state index is -0.478. The number of hydrogen-bond acceptors (Lipinski definition) is 3. The van der Waals surface area contributed by atoms with E-state index in [1.54, 1.807) is 0 Å². The summed E-state index contributed by atoms with van der Waals surface area (Å²) < 4.78 is 4.60. The molecule has 2 rings (SSSR count). The van der Waals surface area contributed by atoms with Crippen LogP contribution in [0.3, 0.4) is 0 Å². The second kappa shape index (κ2) is 3.55. The van der Waals surface area contributed by atoms with Crippen LogP contribution in [0.5, 0.6) is 0 Å². The monoisotopic (exact) mass is 224 g/mol. The van der Waals surface area contributed by atoms with Gasteiger partial charge in [-0.15, -0.1) is 0 Å². The Hall–Kier alpha value is -1.55. The molecule has 2 heterocycles. The summed E-state index contributed by atoms with van der Waals surface area (Å²) in [5.74, 6) is -0.478. The Morgan fingerprint density at radius 3 is 3.00 bits per heavy atom. The van der Waals surface area contributed by atoms with Crippen LogP contribution in [0, 0.1) is 6.92 Å². The number of aromatic nitrogens is 2. The fourth-order valence-electron chi connectivity index (χ4n) is 1.43. The van der Waals surface area contributed by atoms with Crippen molar-refractivity contribution in [3.8, 4) is 0 Å². The third kappa shape index (κ3) is 1.57. The molecule has 4 nitrogen and oxygen atoms in total. The van der Waals surface area contributed by atoms with Gasteiger partial charge in [-0.2, -0.15) is 0 Å². The number of hydrogen-bond donors (Lipinski definition) is 1. The first-order valence-electron chi connectivity index (χ1n) is 4.35. The minimum Gasteiger partial charge on any atom is -0.465 e. The van der Waals surface area contributed by atoms with E-state index in [9.17, 15) is 4.79 Å². The van der Waals surface area contributed by atoms with E-state index in [0.717, 1.165) is 11.1 Å². The predicted molar refractivity (Wildman–Crippen MR) is 57.2 cm³/mol. The number of aryl methyl sites for hydroxylation is 1. The molecule has 0 aliphatic rings. The van der Waals surface area contributed by atoms with Crippen LogP contribution in [-0.4, -0.2) is 23.0 Å². The van der Waals surface area contributed by atoms with Crippen molar-refractivity contribution in [2.24, 2.45) is 0 Å². The lowest BCUT2D eigenvalue weighted by Gasteiger charge is -2.01. The molecule has 1 N–H and O–H groups in total. The number of H-pyrrole nitrogens is 1. The van der Waals surface area contributed by atoms with E-state index in [2.05, 4.69) is 14.7 Å². The minimum absolute atomic E-state index is 0.283. The van der Waals surface area contributed by atoms with Crippen LogP contribution >= 0.6 is 11.6 Å². The zero-order chi connectivity index (χ0) is 11.0. The largest absolute Gasteiger partial charge is 0.465 e. The van der Waals surface area contributed by atoms with Gasteiger partial charge in [0.1, 0.15) is 5.65 Å². The van der Waals surface area contributed by atoms with Crippen molar-refractivity contribution in [1.29, 1.82) is 0 Å². The molecular weight excluding hydrogens is 216 g/mol. The topological polar surface area (TPSA) is 55.0 Å². The molecule has 0 saturated heterocycles. The zero-order valence-corrected chi connectivity index (χ0v) is 9.05. The summed E-state index contributed by atoms with van der Waals surface area (Å²) in [7, 11) is 1.31. The fourth-order valence-corrected chi connectivity index (χ4v) is 1.70. The van der Waals surface area contributed by atoms with Crippen molar-refractivity contribution in [1.82, 2.24) is 9.97 Å². The number of halogens is 1. The van der Waals surface area contributed by atoms with Gasteiger partial charge in [-0.25, -0.2) is 9.78 Å². The molecule has 5 heteroatoms. The van der Waals surface area contributed by atoms with E-state index in [1.807, 2.05) is 13.0 Å². The second-order valence-electron chi connectivity index (χ2n) is 3.19. The highest BCUT2D eigenvalue weighted by Crippen LogP contribution is 2.26. The Bertz CT molecular complexity index is 533. The van der Waals surface area contributed by atoms with E-state index in [0.29, 0.717) is 10.7 Å². The maximum Gasteiger partial charge on any atom is 0.340 e. The highest BCUT2D eigenvalue weighted by atomic mass is 35.5. The van der Waals surface area contributed by atoms with Crippen LogP contribution in [-0.2, 0) is 4.74 Å². The van der Waals surface area contributed by atoms with E-state index >= 15 is 0 Å². The lowest BCUT2D eigenvalue weighted by molar-refractivity contribution is 0.0600. The van der Waals surface area contributed by atoms with E-state index < -0.39 is 5.97 Å². The normalized spacial score (nSPS) is 10.6. The standard InChI is InChI=1S/C10H9ClN2O2/c1-5-3-6-8(11)7(10(14)15-2)4-12-9(6)13-5/h3-4H,1-2H3,(H,12,13). The van der Waals surface area contributed by atoms with Gasteiger partial charge in [-0.05, 0) is 13.0 Å². The van der Waals surface area contributed by atoms with Gasteiger partial charge in [0.25, 0.3) is 0 Å². The average molecular weight is 225 g/mol. The van der Waals surface area contributed by atoms with Crippen molar-refractivity contribution >= 4 is 28.6 Å². The first-order valence-corrected chi connectivity index (χ1v) is 4.73. The first kappa shape index (κ1) is 9.98. The molecule has 0 radical (unpaired) electrons. The molecule has 2 aromatic heterocycles. The van der Waals surface area contributed by atoms with Gasteiger partial charge in [0.15, 0.2) is 0 Å². The smallest absolute Gasteiger partial charge is 0.340 e. The highest BCUT2D eigenvalue weighted by molar-refractivity contribution is 6.38. The molecule has 0 aliphatic carbocycles. The summed E-state index contributed by atoms with van der Waals surface area (Å²) >= 11 is 6.07. The van der Waals surface area contributed by atoms with Crippen molar-refractivity contribution < 1.29 is 9.53 Å². The Kier molecular flexibility index (Phi) is 2.36. The Balaban J connectivity index is 2.69. The molecule has 0 saturated carbocycles. The molecule has 0 bridgehead atoms. The van der Waals surface area contributed by atoms with Crippen molar-refractivity contribution in [3.63, 3.8) is 0 Å². The summed E-state index contributed by atoms with van der Waals surface area (Å²) in [6.45, 7) is 1.90. The number of carbonyl (C=O) groups excluding carboxylic acids is 1. The molecule has 0 unspecified atom stereocenters. The third-order valence-corrected chi connectivity index (χ3v) is 2.54. The number of pyridine rings is 1. The second-order valence-corrected chi connectivity index (χ2v) is 3.57. The van der Waals surface area contributed by atoms with Gasteiger partial charge < -0.3 is 9.72 Å². The van der Waals surface area contributed by atoms with Gasteiger partial charge in [0.2, 0.25) is 0 Å². The molecule has 0 spiro atoms. The van der Waals surface area contributed by atoms with E-state index in [-0.39, 0.29) is 5.56 Å². The van der Waals surface area contributed by atoms with Crippen LogP contribution in [0.25, 0.3) is 11.0 Å². The average Bonchev–Trinajstić information content (AvgIpc) is 2.59. The van der Waals surface area contributed by atoms with Crippen LogP contribution in [0.1, 0.15) is 16.1 Å². The van der Waals surface area contributed by atoms with Crippen LogP contribution in [0.15, 0.2) is 12.3 Å². The van der Waals surface area contributed by atoms with E-state index in [1.165, 1.54) is 13.3 Å². The number of aromatic amines is 1. The molecule has 0 fully saturated rings. The number of esters is 1. The Morgan fingerprint density at radius 1 is 1.60 bits per heavy atom. The maximum absolute atomic E-state index is 11.3. The number of rotatable bonds is 1. The SMILES string of the molecule is COC(=O)c1cnc2[nH]c(C)cc2c1Cl. The molecule has 2 aromatic rings. The van der Waals surface area contributed by atoms with Crippen molar-refractivity contribution in [3.05, 3.63) is 28.5 Å². The number of carbonyl (C=O) groups is 1. The first-order chi connectivity index (χ1) is 7.13. The van der Waals surface area contributed by atoms with Crippen LogP contribution < -0.4 is 0 Å². The number of nitrogens with zero attached hydrogens (tertiary/aromatic N) is 1. The third-order valence-electron chi connectivity index (χ3n) is 2.13. The molecule has 0 aromatic carbocycles. The van der Waals surface area contributed by atoms with Crippen LogP contribution in [0.2, 0.25) is 5.02 Å². The summed E-state index contributed by atoms with van der Waals surface area (Å²) in [5, 5.41) is 1.10. The molecule has 0 aliphatic heterocycles. The zero-order valence-electron chi connectivity index (χ0n) is 8.30. The van der Waals surface area contributed by atoms with Gasteiger partial charge in [0.05, 0.1) is 17.7 Å². The van der Waals surface area contributed by atoms with Gasteiger partial charge in [-0.3, -0.25) is 0 Å².